The van der Waals surface area contributed by atoms with Gasteiger partial charge in [0.15, 0.2) is 11.4 Å². The number of phenolic OH excluding ortho intramolecular Hbond substituents is 1. The Morgan fingerprint density at radius 3 is 2.37 bits per heavy atom. The number of ketones is 2. The number of carboxylic acids is 1. The van der Waals surface area contributed by atoms with Crippen molar-refractivity contribution in [1.82, 2.24) is 0 Å². The number of rotatable bonds is 2. The molecule has 10 nitrogen and oxygen atoms in total. The Morgan fingerprint density at radius 1 is 1.10 bits per heavy atom. The lowest BCUT2D eigenvalue weighted by Gasteiger charge is -2.46. The summed E-state index contributed by atoms with van der Waals surface area (Å²) in [5.74, 6) is -8.75. The molecule has 1 saturated carbocycles. The highest BCUT2D eigenvalue weighted by molar-refractivity contribution is 6.22. The van der Waals surface area contributed by atoms with Crippen LogP contribution in [0.25, 0.3) is 5.76 Å². The molecule has 156 valence electrons. The Morgan fingerprint density at radius 2 is 1.77 bits per heavy atom. The summed E-state index contributed by atoms with van der Waals surface area (Å²) in [6, 6.07) is 2.24. The summed E-state index contributed by atoms with van der Waals surface area (Å²) in [4.78, 5) is 48.6. The number of aromatic carboxylic acids is 1. The number of carbonyl (C=O) groups excluding carboxylic acids is 3. The van der Waals surface area contributed by atoms with Crippen molar-refractivity contribution in [2.75, 3.05) is 0 Å². The summed E-state index contributed by atoms with van der Waals surface area (Å²) >= 11 is 0. The minimum atomic E-state index is -2.64. The van der Waals surface area contributed by atoms with Gasteiger partial charge in [0.25, 0.3) is 5.91 Å². The fraction of sp³-hybridized carbons (Fsp3) is 0.300. The van der Waals surface area contributed by atoms with Crippen molar-refractivity contribution in [2.24, 2.45) is 17.6 Å². The highest BCUT2D eigenvalue weighted by Crippen LogP contribution is 2.52. The third-order valence-corrected chi connectivity index (χ3v) is 6.18. The minimum absolute atomic E-state index is 0.0512. The van der Waals surface area contributed by atoms with Crippen LogP contribution in [-0.2, 0) is 20.8 Å². The number of hydrogen-bond donors (Lipinski definition) is 6. The van der Waals surface area contributed by atoms with Crippen molar-refractivity contribution in [3.8, 4) is 5.75 Å². The van der Waals surface area contributed by atoms with E-state index in [-0.39, 0.29) is 35.1 Å². The van der Waals surface area contributed by atoms with Crippen LogP contribution in [0.3, 0.4) is 0 Å². The highest BCUT2D eigenvalue weighted by Gasteiger charge is 2.60. The molecule has 1 amide bonds. The summed E-state index contributed by atoms with van der Waals surface area (Å²) < 4.78 is 0. The topological polar surface area (TPSA) is 195 Å². The van der Waals surface area contributed by atoms with E-state index in [0.717, 1.165) is 6.07 Å². The molecule has 3 atom stereocenters. The molecule has 30 heavy (non-hydrogen) atoms. The summed E-state index contributed by atoms with van der Waals surface area (Å²) in [5, 5.41) is 51.9. The molecule has 10 heteroatoms. The number of carbonyl (C=O) groups is 4. The van der Waals surface area contributed by atoms with Gasteiger partial charge >= 0.3 is 5.97 Å². The molecule has 0 radical (unpaired) electrons. The van der Waals surface area contributed by atoms with E-state index in [1.165, 1.54) is 6.07 Å². The fourth-order valence-electron chi connectivity index (χ4n) is 4.82. The number of nitrogens with two attached hydrogens (primary N) is 1. The third-order valence-electron chi connectivity index (χ3n) is 6.18. The predicted molar refractivity (Wildman–Crippen MR) is 98.3 cm³/mol. The molecule has 0 aliphatic heterocycles. The van der Waals surface area contributed by atoms with E-state index < -0.39 is 70.1 Å². The first kappa shape index (κ1) is 19.6. The lowest BCUT2D eigenvalue weighted by molar-refractivity contribution is -0.147. The molecule has 7 N–H and O–H groups in total. The largest absolute Gasteiger partial charge is 0.508 e. The zero-order chi connectivity index (χ0) is 22.1. The monoisotopic (exact) mass is 415 g/mol. The number of Topliss-reactive ketones (excluding diaryl/α,β-unsaturated/α-hetero) is 2. The zero-order valence-electron chi connectivity index (χ0n) is 15.4. The van der Waals surface area contributed by atoms with Gasteiger partial charge in [-0.2, -0.15) is 0 Å². The van der Waals surface area contributed by atoms with Crippen molar-refractivity contribution in [1.29, 1.82) is 0 Å². The molecule has 0 heterocycles. The van der Waals surface area contributed by atoms with E-state index in [0.29, 0.717) is 0 Å². The summed E-state index contributed by atoms with van der Waals surface area (Å²) in [7, 11) is 0. The number of fused-ring (bicyclic) bond motifs is 3. The van der Waals surface area contributed by atoms with Gasteiger partial charge in [0.1, 0.15) is 22.8 Å². The highest BCUT2D eigenvalue weighted by atomic mass is 16.4. The molecule has 0 saturated heterocycles. The van der Waals surface area contributed by atoms with Gasteiger partial charge in [-0.1, -0.05) is 0 Å². The summed E-state index contributed by atoms with van der Waals surface area (Å²) in [5.41, 5.74) is 0.987. The van der Waals surface area contributed by atoms with Crippen molar-refractivity contribution in [3.05, 3.63) is 45.7 Å². The van der Waals surface area contributed by atoms with Gasteiger partial charge in [0, 0.05) is 17.9 Å². The summed E-state index contributed by atoms with van der Waals surface area (Å²) in [6.45, 7) is 0. The quantitative estimate of drug-likeness (QED) is 0.364. The Hall–Kier alpha value is -3.66. The lowest BCUT2D eigenvalue weighted by atomic mass is 9.59. The maximum atomic E-state index is 13.2. The van der Waals surface area contributed by atoms with E-state index in [1.54, 1.807) is 0 Å². The van der Waals surface area contributed by atoms with Gasteiger partial charge in [-0.05, 0) is 36.5 Å². The molecule has 1 aromatic carbocycles. The Kier molecular flexibility index (Phi) is 4.04. The van der Waals surface area contributed by atoms with Crippen LogP contribution < -0.4 is 5.73 Å². The van der Waals surface area contributed by atoms with Crippen LogP contribution in [0.15, 0.2) is 29.0 Å². The first-order chi connectivity index (χ1) is 14.0. The van der Waals surface area contributed by atoms with Gasteiger partial charge < -0.3 is 31.3 Å². The number of aliphatic hydroxyl groups excluding tert-OH is 2. The van der Waals surface area contributed by atoms with E-state index in [2.05, 4.69) is 0 Å². The number of carboxylic acid groups (broad SMARTS) is 1. The van der Waals surface area contributed by atoms with Gasteiger partial charge in [-0.25, -0.2) is 4.79 Å². The van der Waals surface area contributed by atoms with Gasteiger partial charge in [0.05, 0.1) is 11.1 Å². The lowest BCUT2D eigenvalue weighted by Crippen LogP contribution is -2.58. The van der Waals surface area contributed by atoms with Crippen LogP contribution >= 0.6 is 0 Å². The van der Waals surface area contributed by atoms with Crippen molar-refractivity contribution < 1.29 is 44.7 Å². The number of aliphatic hydroxyl groups is 3. The van der Waals surface area contributed by atoms with E-state index in [1.807, 2.05) is 0 Å². The van der Waals surface area contributed by atoms with Crippen LogP contribution in [0, 0.1) is 11.8 Å². The fourth-order valence-corrected chi connectivity index (χ4v) is 4.82. The number of amides is 1. The molecule has 0 aromatic heterocycles. The van der Waals surface area contributed by atoms with Crippen molar-refractivity contribution >= 4 is 29.2 Å². The van der Waals surface area contributed by atoms with E-state index in [9.17, 15) is 44.7 Å². The van der Waals surface area contributed by atoms with Crippen molar-refractivity contribution in [2.45, 2.75) is 24.9 Å². The molecule has 0 bridgehead atoms. The van der Waals surface area contributed by atoms with Crippen LogP contribution in [0.4, 0.5) is 0 Å². The van der Waals surface area contributed by atoms with Gasteiger partial charge in [-0.3, -0.25) is 14.4 Å². The number of benzene rings is 1. The van der Waals surface area contributed by atoms with Crippen LogP contribution in [0.5, 0.6) is 5.75 Å². The van der Waals surface area contributed by atoms with Crippen molar-refractivity contribution in [3.63, 3.8) is 0 Å². The molecule has 3 unspecified atom stereocenters. The van der Waals surface area contributed by atoms with E-state index in [4.69, 9.17) is 5.73 Å². The van der Waals surface area contributed by atoms with Crippen LogP contribution in [0.2, 0.25) is 0 Å². The van der Waals surface area contributed by atoms with Crippen LogP contribution in [0.1, 0.15) is 34.3 Å². The Bertz CT molecular complexity index is 1130. The minimum Gasteiger partial charge on any atom is -0.508 e. The molecule has 4 rings (SSSR count). The van der Waals surface area contributed by atoms with Crippen LogP contribution in [-0.4, -0.2) is 54.6 Å². The maximum Gasteiger partial charge on any atom is 0.335 e. The molecular weight excluding hydrogens is 398 g/mol. The number of primary amides is 1. The second-order valence-electron chi connectivity index (χ2n) is 7.70. The van der Waals surface area contributed by atoms with Gasteiger partial charge in [-0.15, -0.1) is 0 Å². The Balaban J connectivity index is 1.96. The molecule has 3 aliphatic carbocycles. The standard InChI is InChI=1S/C20H17NO9/c21-18(27)14-11(23)5-7-3-6-4-9-8(19(28)29)1-2-10(22)13(9)15(24)12(6)16(25)20(7,30)17(14)26/h1-2,6-7,22,24,26,30H,3-5H2,(H2,21,27)(H,28,29). The summed E-state index contributed by atoms with van der Waals surface area (Å²) in [6.07, 6.45) is -0.546. The second kappa shape index (κ2) is 6.17. The average molecular weight is 415 g/mol. The molecule has 1 aromatic rings. The molecule has 0 spiro atoms. The predicted octanol–water partition coefficient (Wildman–Crippen LogP) is 0.122. The van der Waals surface area contributed by atoms with Gasteiger partial charge in [0.2, 0.25) is 5.78 Å². The third kappa shape index (κ3) is 2.34. The first-order valence-electron chi connectivity index (χ1n) is 9.05. The van der Waals surface area contributed by atoms with E-state index >= 15 is 0 Å². The molecular formula is C20H17NO9. The Labute approximate surface area is 168 Å². The molecule has 3 aliphatic rings. The second-order valence-corrected chi connectivity index (χ2v) is 7.70. The average Bonchev–Trinajstić information content (AvgIpc) is 2.64. The molecule has 1 fully saturated rings. The number of hydrogen-bond acceptors (Lipinski definition) is 8. The zero-order valence-corrected chi connectivity index (χ0v) is 15.4. The SMILES string of the molecule is NC(=O)C1=C(O)C2(O)C(=O)C3=C(O)c4c(O)ccc(C(=O)O)c4CC3CC2CC1=O. The normalized spacial score (nSPS) is 28.0. The number of aromatic hydroxyl groups is 1. The first-order valence-corrected chi connectivity index (χ1v) is 9.05. The smallest absolute Gasteiger partial charge is 0.335 e. The number of phenols is 1. The maximum absolute atomic E-state index is 13.2.